The minimum Gasteiger partial charge on any atom is -0.295 e. The fraction of sp³-hybridized carbons (Fsp3) is 0.105. The van der Waals surface area contributed by atoms with Crippen molar-refractivity contribution < 1.29 is 4.79 Å². The number of fused-ring (bicyclic) bond motifs is 1. The van der Waals surface area contributed by atoms with Crippen LogP contribution in [0.1, 0.15) is 10.9 Å². The Morgan fingerprint density at radius 1 is 0.957 bits per heavy atom. The number of hydrogen-bond acceptors (Lipinski definition) is 2. The van der Waals surface area contributed by atoms with Crippen molar-refractivity contribution >= 4 is 50.1 Å². The second-order valence-electron chi connectivity index (χ2n) is 5.48. The van der Waals surface area contributed by atoms with Crippen LogP contribution in [0.25, 0.3) is 10.8 Å². The van der Waals surface area contributed by atoms with Crippen LogP contribution >= 0.6 is 27.7 Å². The van der Waals surface area contributed by atoms with Crippen LogP contribution in [0.5, 0.6) is 0 Å². The smallest absolute Gasteiger partial charge is 0.238 e. The molecule has 2 nitrogen and oxygen atoms in total. The third-order valence-corrected chi connectivity index (χ3v) is 5.97. The van der Waals surface area contributed by atoms with Crippen LogP contribution in [-0.2, 0) is 4.79 Å². The highest BCUT2D eigenvalue weighted by Gasteiger charge is 2.34. The Bertz CT molecular complexity index is 895. The zero-order valence-corrected chi connectivity index (χ0v) is 14.7. The quantitative estimate of drug-likeness (QED) is 0.591. The van der Waals surface area contributed by atoms with E-state index in [4.69, 9.17) is 0 Å². The minimum absolute atomic E-state index is 0.0132. The number of carbonyl (C=O) groups excluding carboxylic acids is 1. The Labute approximate surface area is 147 Å². The first-order valence-corrected chi connectivity index (χ1v) is 9.25. The van der Waals surface area contributed by atoms with Crippen molar-refractivity contribution in [3.63, 3.8) is 0 Å². The van der Waals surface area contributed by atoms with E-state index in [1.165, 1.54) is 5.39 Å². The minimum atomic E-state index is 0.0132. The van der Waals surface area contributed by atoms with E-state index in [9.17, 15) is 4.79 Å². The first kappa shape index (κ1) is 14.8. The highest BCUT2D eigenvalue weighted by atomic mass is 79.9. The number of amides is 1. The van der Waals surface area contributed by atoms with E-state index in [1.807, 2.05) is 41.3 Å². The average molecular weight is 384 g/mol. The Morgan fingerprint density at radius 2 is 1.70 bits per heavy atom. The van der Waals surface area contributed by atoms with Crippen molar-refractivity contribution in [2.75, 3.05) is 10.7 Å². The Kier molecular flexibility index (Phi) is 3.87. The summed E-state index contributed by atoms with van der Waals surface area (Å²) in [4.78, 5) is 14.4. The number of anilines is 1. The molecule has 114 valence electrons. The lowest BCUT2D eigenvalue weighted by atomic mass is 10.1. The average Bonchev–Trinajstić information content (AvgIpc) is 2.96. The number of hydrogen-bond donors (Lipinski definition) is 0. The molecule has 3 aromatic rings. The number of rotatable bonds is 2. The van der Waals surface area contributed by atoms with E-state index in [1.54, 1.807) is 11.8 Å². The van der Waals surface area contributed by atoms with E-state index in [0.29, 0.717) is 5.75 Å². The van der Waals surface area contributed by atoms with Gasteiger partial charge in [0.2, 0.25) is 5.91 Å². The van der Waals surface area contributed by atoms with E-state index in [0.717, 1.165) is 21.1 Å². The van der Waals surface area contributed by atoms with Crippen molar-refractivity contribution in [1.29, 1.82) is 0 Å². The van der Waals surface area contributed by atoms with Gasteiger partial charge in [-0.2, -0.15) is 0 Å². The summed E-state index contributed by atoms with van der Waals surface area (Å²) in [7, 11) is 0. The molecule has 0 aromatic heterocycles. The van der Waals surface area contributed by atoms with Crippen molar-refractivity contribution in [2.24, 2.45) is 0 Å². The van der Waals surface area contributed by atoms with Gasteiger partial charge in [-0.05, 0) is 34.5 Å². The normalized spacial score (nSPS) is 17.9. The van der Waals surface area contributed by atoms with Crippen molar-refractivity contribution in [3.05, 3.63) is 76.8 Å². The molecule has 1 aliphatic rings. The van der Waals surface area contributed by atoms with E-state index in [2.05, 4.69) is 46.3 Å². The molecule has 0 unspecified atom stereocenters. The number of nitrogens with zero attached hydrogens (tertiary/aromatic N) is 1. The number of thioether (sulfide) groups is 1. The molecule has 1 amide bonds. The van der Waals surface area contributed by atoms with Gasteiger partial charge in [-0.3, -0.25) is 9.69 Å². The molecule has 0 saturated carbocycles. The molecule has 0 bridgehead atoms. The predicted molar refractivity (Wildman–Crippen MR) is 101 cm³/mol. The third-order valence-electron chi connectivity index (χ3n) is 4.05. The number of halogens is 1. The summed E-state index contributed by atoms with van der Waals surface area (Å²) in [6, 6.07) is 22.6. The van der Waals surface area contributed by atoms with Gasteiger partial charge in [0.1, 0.15) is 5.37 Å². The van der Waals surface area contributed by atoms with Crippen molar-refractivity contribution in [1.82, 2.24) is 0 Å². The second kappa shape index (κ2) is 6.02. The molecule has 1 aliphatic heterocycles. The summed E-state index contributed by atoms with van der Waals surface area (Å²) in [6.07, 6.45) is 0. The van der Waals surface area contributed by atoms with Gasteiger partial charge >= 0.3 is 0 Å². The standard InChI is InChI=1S/C19H14BrNOS/c20-17-8-4-3-7-16(17)19-21(18(22)12-23-19)15-10-9-13-5-1-2-6-14(13)11-15/h1-11,19H,12H2/t19-/m0/s1. The molecule has 23 heavy (non-hydrogen) atoms. The van der Waals surface area contributed by atoms with E-state index < -0.39 is 0 Å². The fourth-order valence-corrected chi connectivity index (χ4v) is 4.80. The molecule has 0 spiro atoms. The topological polar surface area (TPSA) is 20.3 Å². The van der Waals surface area contributed by atoms with E-state index >= 15 is 0 Å². The lowest BCUT2D eigenvalue weighted by Crippen LogP contribution is -2.27. The summed E-state index contributed by atoms with van der Waals surface area (Å²) in [5, 5.41) is 2.35. The van der Waals surface area contributed by atoms with Gasteiger partial charge in [-0.1, -0.05) is 64.5 Å². The van der Waals surface area contributed by atoms with Crippen LogP contribution < -0.4 is 4.90 Å². The SMILES string of the molecule is O=C1CS[C@@H](c2ccccc2Br)N1c1ccc2ccccc2c1. The molecule has 1 atom stereocenters. The maximum Gasteiger partial charge on any atom is 0.238 e. The molecular formula is C19H14BrNOS. The molecule has 3 aromatic carbocycles. The van der Waals surface area contributed by atoms with E-state index in [-0.39, 0.29) is 11.3 Å². The fourth-order valence-electron chi connectivity index (χ4n) is 2.94. The van der Waals surface area contributed by atoms with Crippen LogP contribution in [0.2, 0.25) is 0 Å². The summed E-state index contributed by atoms with van der Waals surface area (Å²) in [5.74, 6) is 0.671. The van der Waals surface area contributed by atoms with Gasteiger partial charge in [0.15, 0.2) is 0 Å². The van der Waals surface area contributed by atoms with Gasteiger partial charge < -0.3 is 0 Å². The highest BCUT2D eigenvalue weighted by molar-refractivity contribution is 9.10. The van der Waals surface area contributed by atoms with Crippen molar-refractivity contribution in [3.8, 4) is 0 Å². The zero-order chi connectivity index (χ0) is 15.8. The maximum absolute atomic E-state index is 12.5. The molecule has 1 saturated heterocycles. The lowest BCUT2D eigenvalue weighted by Gasteiger charge is -2.25. The van der Waals surface area contributed by atoms with Crippen LogP contribution in [0.15, 0.2) is 71.2 Å². The predicted octanol–water partition coefficient (Wildman–Crippen LogP) is 5.38. The third kappa shape index (κ3) is 2.66. The van der Waals surface area contributed by atoms with Crippen molar-refractivity contribution in [2.45, 2.75) is 5.37 Å². The summed E-state index contributed by atoms with van der Waals surface area (Å²) in [6.45, 7) is 0. The van der Waals surface area contributed by atoms with Crippen LogP contribution in [0.4, 0.5) is 5.69 Å². The lowest BCUT2D eigenvalue weighted by molar-refractivity contribution is -0.115. The van der Waals surface area contributed by atoms with Gasteiger partial charge in [0.25, 0.3) is 0 Å². The molecule has 4 rings (SSSR count). The van der Waals surface area contributed by atoms with Crippen LogP contribution in [-0.4, -0.2) is 11.7 Å². The summed E-state index contributed by atoms with van der Waals surface area (Å²) in [5.41, 5.74) is 2.09. The van der Waals surface area contributed by atoms with Gasteiger partial charge in [-0.25, -0.2) is 0 Å². The Balaban J connectivity index is 1.80. The van der Waals surface area contributed by atoms with Gasteiger partial charge in [0, 0.05) is 10.2 Å². The molecule has 1 heterocycles. The van der Waals surface area contributed by atoms with Crippen LogP contribution in [0, 0.1) is 0 Å². The Morgan fingerprint density at radius 3 is 2.52 bits per heavy atom. The first-order chi connectivity index (χ1) is 11.2. The molecule has 1 fully saturated rings. The largest absolute Gasteiger partial charge is 0.295 e. The first-order valence-electron chi connectivity index (χ1n) is 7.41. The van der Waals surface area contributed by atoms with Crippen LogP contribution in [0.3, 0.4) is 0 Å². The maximum atomic E-state index is 12.5. The van der Waals surface area contributed by atoms with Gasteiger partial charge in [0.05, 0.1) is 5.75 Å². The summed E-state index contributed by atoms with van der Waals surface area (Å²) >= 11 is 5.29. The zero-order valence-electron chi connectivity index (χ0n) is 12.3. The second-order valence-corrected chi connectivity index (χ2v) is 7.40. The molecular weight excluding hydrogens is 370 g/mol. The number of benzene rings is 3. The number of carbonyl (C=O) groups is 1. The highest BCUT2D eigenvalue weighted by Crippen LogP contribution is 2.44. The molecule has 0 N–H and O–H groups in total. The van der Waals surface area contributed by atoms with Gasteiger partial charge in [-0.15, -0.1) is 11.8 Å². The molecule has 4 heteroatoms. The molecule has 0 radical (unpaired) electrons. The molecule has 0 aliphatic carbocycles. The Hall–Kier alpha value is -1.78. The monoisotopic (exact) mass is 383 g/mol. The summed E-state index contributed by atoms with van der Waals surface area (Å²) < 4.78 is 1.04.